The maximum absolute atomic E-state index is 12.9. The van der Waals surface area contributed by atoms with Crippen LogP contribution in [0, 0.1) is 5.92 Å². The van der Waals surface area contributed by atoms with Gasteiger partial charge in [0.25, 0.3) is 0 Å². The van der Waals surface area contributed by atoms with Crippen LogP contribution in [0.2, 0.25) is 0 Å². The number of nitrogens with zero attached hydrogens (tertiary/aromatic N) is 2. The summed E-state index contributed by atoms with van der Waals surface area (Å²) in [7, 11) is -1.66. The topological polar surface area (TPSA) is 57.7 Å². The van der Waals surface area contributed by atoms with Crippen LogP contribution in [0.5, 0.6) is 0 Å². The maximum Gasteiger partial charge on any atom is 0.236 e. The zero-order valence-electron chi connectivity index (χ0n) is 16.9. The predicted molar refractivity (Wildman–Crippen MR) is 116 cm³/mol. The van der Waals surface area contributed by atoms with E-state index in [0.717, 1.165) is 11.1 Å². The van der Waals surface area contributed by atoms with Crippen LogP contribution in [0.25, 0.3) is 6.08 Å². The fourth-order valence-corrected chi connectivity index (χ4v) is 4.83. The normalized spacial score (nSPS) is 17.3. The first-order valence-corrected chi connectivity index (χ1v) is 11.4. The van der Waals surface area contributed by atoms with Crippen LogP contribution < -0.4 is 0 Å². The Labute approximate surface area is 173 Å². The van der Waals surface area contributed by atoms with Crippen molar-refractivity contribution in [3.63, 3.8) is 0 Å². The summed E-state index contributed by atoms with van der Waals surface area (Å²) in [5.74, 6) is -0.0612. The van der Waals surface area contributed by atoms with Crippen LogP contribution in [0.4, 0.5) is 0 Å². The molecule has 154 valence electrons. The van der Waals surface area contributed by atoms with Crippen LogP contribution in [0.3, 0.4) is 0 Å². The lowest BCUT2D eigenvalue weighted by Crippen LogP contribution is -2.43. The van der Waals surface area contributed by atoms with Gasteiger partial charge in [0.15, 0.2) is 0 Å². The Bertz CT molecular complexity index is 935. The molecule has 3 rings (SSSR count). The van der Waals surface area contributed by atoms with Crippen molar-refractivity contribution < 1.29 is 13.2 Å². The molecule has 1 atom stereocenters. The lowest BCUT2D eigenvalue weighted by Gasteiger charge is -2.34. The number of carbonyl (C=O) groups excluding carboxylic acids is 1. The number of rotatable bonds is 6. The summed E-state index contributed by atoms with van der Waals surface area (Å²) in [6.45, 7) is 2.75. The predicted octanol–water partition coefficient (Wildman–Crippen LogP) is 3.92. The lowest BCUT2D eigenvalue weighted by molar-refractivity contribution is -0.137. The molecular formula is C23H28N2O3S. The monoisotopic (exact) mass is 412 g/mol. The summed E-state index contributed by atoms with van der Waals surface area (Å²) >= 11 is 0. The van der Waals surface area contributed by atoms with E-state index in [2.05, 4.69) is 0 Å². The first-order chi connectivity index (χ1) is 13.9. The molecule has 29 heavy (non-hydrogen) atoms. The Morgan fingerprint density at radius 1 is 1.03 bits per heavy atom. The molecule has 6 heteroatoms. The molecule has 0 saturated carbocycles. The molecule has 1 fully saturated rings. The Morgan fingerprint density at radius 3 is 2.17 bits per heavy atom. The van der Waals surface area contributed by atoms with E-state index in [4.69, 9.17) is 0 Å². The van der Waals surface area contributed by atoms with Crippen LogP contribution in [0.1, 0.15) is 36.9 Å². The Balaban J connectivity index is 1.58. The quantitative estimate of drug-likeness (QED) is 0.723. The molecule has 1 saturated heterocycles. The number of piperidine rings is 1. The summed E-state index contributed by atoms with van der Waals surface area (Å²) in [5.41, 5.74) is 1.94. The van der Waals surface area contributed by atoms with Crippen LogP contribution in [-0.2, 0) is 14.8 Å². The fraction of sp³-hybridized carbons (Fsp3) is 0.348. The molecule has 0 bridgehead atoms. The molecular weight excluding hydrogens is 384 g/mol. The molecule has 2 aromatic rings. The smallest absolute Gasteiger partial charge is 0.236 e. The van der Waals surface area contributed by atoms with E-state index in [1.807, 2.05) is 74.6 Å². The highest BCUT2D eigenvalue weighted by molar-refractivity contribution is 7.92. The largest absolute Gasteiger partial charge is 0.339 e. The molecule has 2 aromatic carbocycles. The Kier molecular flexibility index (Phi) is 6.87. The molecule has 1 amide bonds. The standard InChI is InChI=1S/C23H28N2O3S/c1-19(21-11-7-4-8-12-21)24(2)23(26)22-13-16-25(17-14-22)29(27,28)18-15-20-9-5-3-6-10-20/h3-12,15,18-19,22H,13-14,16-17H2,1-2H3. The van der Waals surface area contributed by atoms with E-state index >= 15 is 0 Å². The van der Waals surface area contributed by atoms with Gasteiger partial charge in [0.05, 0.1) is 6.04 Å². The van der Waals surface area contributed by atoms with Gasteiger partial charge in [-0.2, -0.15) is 4.31 Å². The van der Waals surface area contributed by atoms with E-state index < -0.39 is 10.0 Å². The minimum atomic E-state index is -3.48. The van der Waals surface area contributed by atoms with Gasteiger partial charge in [0, 0.05) is 31.5 Å². The minimum absolute atomic E-state index is 0.0146. The SMILES string of the molecule is CC(c1ccccc1)N(C)C(=O)C1CCN(S(=O)(=O)C=Cc2ccccc2)CC1. The van der Waals surface area contributed by atoms with Crippen LogP contribution >= 0.6 is 0 Å². The van der Waals surface area contributed by atoms with Gasteiger partial charge in [-0.1, -0.05) is 60.7 Å². The van der Waals surface area contributed by atoms with E-state index in [9.17, 15) is 13.2 Å². The van der Waals surface area contributed by atoms with Crippen LogP contribution in [0.15, 0.2) is 66.1 Å². The summed E-state index contributed by atoms with van der Waals surface area (Å²) in [6.07, 6.45) is 2.70. The van der Waals surface area contributed by atoms with E-state index in [-0.39, 0.29) is 17.9 Å². The summed E-state index contributed by atoms with van der Waals surface area (Å²) in [5, 5.41) is 1.26. The van der Waals surface area contributed by atoms with Gasteiger partial charge < -0.3 is 4.90 Å². The van der Waals surface area contributed by atoms with Gasteiger partial charge in [-0.3, -0.25) is 4.79 Å². The first-order valence-electron chi connectivity index (χ1n) is 9.93. The van der Waals surface area contributed by atoms with E-state index in [1.54, 1.807) is 11.0 Å². The number of hydrogen-bond acceptors (Lipinski definition) is 3. The van der Waals surface area contributed by atoms with Gasteiger partial charge in [-0.05, 0) is 37.0 Å². The van der Waals surface area contributed by atoms with Crippen molar-refractivity contribution in [3.05, 3.63) is 77.2 Å². The third-order valence-corrected chi connectivity index (χ3v) is 7.17. The lowest BCUT2D eigenvalue weighted by atomic mass is 9.95. The maximum atomic E-state index is 12.9. The highest BCUT2D eigenvalue weighted by Crippen LogP contribution is 2.26. The Hall–Kier alpha value is -2.44. The molecule has 5 nitrogen and oxygen atoms in total. The molecule has 1 heterocycles. The molecule has 1 aliphatic heterocycles. The molecule has 0 radical (unpaired) electrons. The molecule has 1 aliphatic rings. The summed E-state index contributed by atoms with van der Waals surface area (Å²) in [4.78, 5) is 14.7. The molecule has 0 aromatic heterocycles. The average molecular weight is 413 g/mol. The number of hydrogen-bond donors (Lipinski definition) is 0. The zero-order chi connectivity index (χ0) is 20.9. The molecule has 0 N–H and O–H groups in total. The van der Waals surface area contributed by atoms with Crippen molar-refractivity contribution >= 4 is 22.0 Å². The van der Waals surface area contributed by atoms with E-state index in [1.165, 1.54) is 9.71 Å². The number of sulfonamides is 1. The average Bonchev–Trinajstić information content (AvgIpc) is 2.77. The summed E-state index contributed by atoms with van der Waals surface area (Å²) < 4.78 is 26.7. The minimum Gasteiger partial charge on any atom is -0.339 e. The zero-order valence-corrected chi connectivity index (χ0v) is 17.8. The van der Waals surface area contributed by atoms with Gasteiger partial charge in [-0.25, -0.2) is 8.42 Å². The summed E-state index contributed by atoms with van der Waals surface area (Å²) in [6, 6.07) is 19.3. The van der Waals surface area contributed by atoms with E-state index in [0.29, 0.717) is 25.9 Å². The van der Waals surface area contributed by atoms with Gasteiger partial charge in [0.2, 0.25) is 15.9 Å². The molecule has 0 aliphatic carbocycles. The number of carbonyl (C=O) groups is 1. The van der Waals surface area contributed by atoms with Crippen molar-refractivity contribution in [1.82, 2.24) is 9.21 Å². The van der Waals surface area contributed by atoms with Gasteiger partial charge in [-0.15, -0.1) is 0 Å². The van der Waals surface area contributed by atoms with Crippen molar-refractivity contribution in [2.24, 2.45) is 5.92 Å². The number of benzene rings is 2. The van der Waals surface area contributed by atoms with Crippen molar-refractivity contribution in [2.75, 3.05) is 20.1 Å². The first kappa shape index (κ1) is 21.3. The van der Waals surface area contributed by atoms with Gasteiger partial charge >= 0.3 is 0 Å². The molecule has 1 unspecified atom stereocenters. The third-order valence-electron chi connectivity index (χ3n) is 5.61. The number of amides is 1. The second-order valence-electron chi connectivity index (χ2n) is 7.47. The highest BCUT2D eigenvalue weighted by Gasteiger charge is 2.32. The van der Waals surface area contributed by atoms with Crippen molar-refractivity contribution in [3.8, 4) is 0 Å². The second-order valence-corrected chi connectivity index (χ2v) is 9.29. The molecule has 0 spiro atoms. The van der Waals surface area contributed by atoms with Gasteiger partial charge in [0.1, 0.15) is 0 Å². The Morgan fingerprint density at radius 2 is 1.59 bits per heavy atom. The van der Waals surface area contributed by atoms with Crippen molar-refractivity contribution in [2.45, 2.75) is 25.8 Å². The van der Waals surface area contributed by atoms with Crippen molar-refractivity contribution in [1.29, 1.82) is 0 Å². The highest BCUT2D eigenvalue weighted by atomic mass is 32.2. The second kappa shape index (κ2) is 9.37. The fourth-order valence-electron chi connectivity index (χ4n) is 3.61. The van der Waals surface area contributed by atoms with Crippen LogP contribution in [-0.4, -0.2) is 43.7 Å². The third kappa shape index (κ3) is 5.34.